The maximum Gasteiger partial charge on any atom is 0.271 e. The van der Waals surface area contributed by atoms with Gasteiger partial charge in [-0.25, -0.2) is 12.8 Å². The van der Waals surface area contributed by atoms with E-state index in [0.29, 0.717) is 10.9 Å². The Kier molecular flexibility index (Phi) is 4.79. The Morgan fingerprint density at radius 3 is 2.70 bits per heavy atom. The van der Waals surface area contributed by atoms with Crippen molar-refractivity contribution < 1.29 is 17.9 Å². The molecule has 8 heteroatoms. The quantitative estimate of drug-likeness (QED) is 0.838. The lowest BCUT2D eigenvalue weighted by Gasteiger charge is -2.08. The molecule has 1 heterocycles. The Hall–Kier alpha value is -0.960. The number of thiophene rings is 1. The molecule has 0 fully saturated rings. The molecular weight excluding hydrogens is 369 g/mol. The molecule has 2 N–H and O–H groups in total. The van der Waals surface area contributed by atoms with Gasteiger partial charge in [-0.05, 0) is 46.3 Å². The molecule has 0 atom stereocenters. The van der Waals surface area contributed by atoms with Gasteiger partial charge in [0.15, 0.2) is 0 Å². The van der Waals surface area contributed by atoms with Gasteiger partial charge in [0.1, 0.15) is 10.0 Å². The maximum atomic E-state index is 13.0. The molecule has 1 aromatic carbocycles. The van der Waals surface area contributed by atoms with Crippen LogP contribution >= 0.6 is 27.3 Å². The van der Waals surface area contributed by atoms with E-state index in [9.17, 15) is 12.8 Å². The summed E-state index contributed by atoms with van der Waals surface area (Å²) in [7, 11) is -3.71. The smallest absolute Gasteiger partial charge is 0.271 e. The van der Waals surface area contributed by atoms with E-state index in [4.69, 9.17) is 5.11 Å². The number of nitrogens with one attached hydrogen (secondary N) is 1. The van der Waals surface area contributed by atoms with Gasteiger partial charge in [0.05, 0.1) is 5.69 Å². The van der Waals surface area contributed by atoms with Gasteiger partial charge in [0.25, 0.3) is 10.0 Å². The number of aliphatic hydroxyl groups is 1. The first kappa shape index (κ1) is 15.4. The molecule has 2 aromatic rings. The highest BCUT2D eigenvalue weighted by molar-refractivity contribution is 9.10. The zero-order valence-electron chi connectivity index (χ0n) is 10.1. The number of sulfonamides is 1. The summed E-state index contributed by atoms with van der Waals surface area (Å²) < 4.78 is 40.2. The molecule has 0 aliphatic carbocycles. The Bertz CT molecular complexity index is 715. The Morgan fingerprint density at radius 2 is 2.05 bits per heavy atom. The summed E-state index contributed by atoms with van der Waals surface area (Å²) in [6.45, 7) is -0.0308. The SMILES string of the molecule is O=S(=O)(Nc1ccc(F)cc1Br)c1ccc(CCO)s1. The van der Waals surface area contributed by atoms with Crippen molar-refractivity contribution in [1.29, 1.82) is 0 Å². The molecule has 0 aliphatic rings. The lowest BCUT2D eigenvalue weighted by atomic mass is 10.3. The van der Waals surface area contributed by atoms with E-state index in [-0.39, 0.29) is 16.5 Å². The summed E-state index contributed by atoms with van der Waals surface area (Å²) in [5.74, 6) is -0.457. The monoisotopic (exact) mass is 379 g/mol. The van der Waals surface area contributed by atoms with Crippen molar-refractivity contribution in [2.24, 2.45) is 0 Å². The molecule has 0 amide bonds. The van der Waals surface area contributed by atoms with Gasteiger partial charge in [-0.15, -0.1) is 11.3 Å². The van der Waals surface area contributed by atoms with Gasteiger partial charge < -0.3 is 5.11 Å². The lowest BCUT2D eigenvalue weighted by molar-refractivity contribution is 0.300. The number of anilines is 1. The van der Waals surface area contributed by atoms with Crippen molar-refractivity contribution in [2.75, 3.05) is 11.3 Å². The van der Waals surface area contributed by atoms with Crippen LogP contribution in [0.25, 0.3) is 0 Å². The third-order valence-electron chi connectivity index (χ3n) is 2.44. The first-order valence-electron chi connectivity index (χ1n) is 5.60. The fourth-order valence-corrected chi connectivity index (χ4v) is 4.52. The molecule has 0 unspecified atom stereocenters. The van der Waals surface area contributed by atoms with Crippen LogP contribution in [-0.4, -0.2) is 20.1 Å². The predicted molar refractivity (Wildman–Crippen MR) is 80.0 cm³/mol. The van der Waals surface area contributed by atoms with Gasteiger partial charge in [-0.2, -0.15) is 0 Å². The summed E-state index contributed by atoms with van der Waals surface area (Å²) in [4.78, 5) is 0.783. The molecule has 0 saturated heterocycles. The first-order chi connectivity index (χ1) is 9.42. The standard InChI is InChI=1S/C12H11BrFNO3S2/c13-10-7-8(14)1-3-11(10)15-20(17,18)12-4-2-9(19-12)5-6-16/h1-4,7,15-16H,5-6H2. The van der Waals surface area contributed by atoms with Crippen LogP contribution in [0.4, 0.5) is 10.1 Å². The minimum atomic E-state index is -3.71. The van der Waals surface area contributed by atoms with Crippen LogP contribution < -0.4 is 4.72 Å². The lowest BCUT2D eigenvalue weighted by Crippen LogP contribution is -2.11. The molecule has 20 heavy (non-hydrogen) atoms. The highest BCUT2D eigenvalue weighted by Gasteiger charge is 2.18. The highest BCUT2D eigenvalue weighted by Crippen LogP contribution is 2.28. The van der Waals surface area contributed by atoms with Crippen LogP contribution in [0.1, 0.15) is 4.88 Å². The summed E-state index contributed by atoms with van der Waals surface area (Å²) in [5, 5.41) is 8.83. The predicted octanol–water partition coefficient (Wildman–Crippen LogP) is 2.99. The van der Waals surface area contributed by atoms with Crippen LogP contribution in [0.5, 0.6) is 0 Å². The van der Waals surface area contributed by atoms with Crippen molar-refractivity contribution in [3.63, 3.8) is 0 Å². The molecule has 0 saturated carbocycles. The summed E-state index contributed by atoms with van der Waals surface area (Å²) in [5.41, 5.74) is 0.267. The minimum Gasteiger partial charge on any atom is -0.396 e. The second-order valence-corrected chi connectivity index (χ2v) is 7.86. The van der Waals surface area contributed by atoms with E-state index in [1.807, 2.05) is 0 Å². The van der Waals surface area contributed by atoms with Crippen LogP contribution in [0.3, 0.4) is 0 Å². The van der Waals surface area contributed by atoms with Gasteiger partial charge in [-0.1, -0.05) is 0 Å². The van der Waals surface area contributed by atoms with E-state index in [1.54, 1.807) is 6.07 Å². The highest BCUT2D eigenvalue weighted by atomic mass is 79.9. The van der Waals surface area contributed by atoms with E-state index >= 15 is 0 Å². The van der Waals surface area contributed by atoms with Crippen molar-refractivity contribution in [3.05, 3.63) is 45.5 Å². The zero-order valence-corrected chi connectivity index (χ0v) is 13.4. The number of benzene rings is 1. The van der Waals surface area contributed by atoms with Crippen LogP contribution in [0.15, 0.2) is 39.0 Å². The first-order valence-corrected chi connectivity index (χ1v) is 8.69. The van der Waals surface area contributed by atoms with Crippen molar-refractivity contribution in [1.82, 2.24) is 0 Å². The average molecular weight is 380 g/mol. The molecule has 0 bridgehead atoms. The van der Waals surface area contributed by atoms with Crippen molar-refractivity contribution in [3.8, 4) is 0 Å². The maximum absolute atomic E-state index is 13.0. The average Bonchev–Trinajstić information content (AvgIpc) is 2.83. The summed E-state index contributed by atoms with van der Waals surface area (Å²) >= 11 is 4.20. The fraction of sp³-hybridized carbons (Fsp3) is 0.167. The second-order valence-electron chi connectivity index (χ2n) is 3.92. The number of halogens is 2. The zero-order chi connectivity index (χ0) is 14.8. The summed E-state index contributed by atoms with van der Waals surface area (Å²) in [6.07, 6.45) is 0.417. The van der Waals surface area contributed by atoms with Crippen LogP contribution in [0.2, 0.25) is 0 Å². The third kappa shape index (κ3) is 3.57. The van der Waals surface area contributed by atoms with E-state index in [0.717, 1.165) is 16.2 Å². The van der Waals surface area contributed by atoms with E-state index in [1.165, 1.54) is 24.3 Å². The third-order valence-corrected chi connectivity index (χ3v) is 6.09. The van der Waals surface area contributed by atoms with Gasteiger partial charge in [0.2, 0.25) is 0 Å². The van der Waals surface area contributed by atoms with Gasteiger partial charge >= 0.3 is 0 Å². The van der Waals surface area contributed by atoms with Crippen molar-refractivity contribution >= 4 is 43.0 Å². The Labute approximate surface area is 128 Å². The minimum absolute atomic E-state index is 0.0308. The largest absolute Gasteiger partial charge is 0.396 e. The number of rotatable bonds is 5. The molecular formula is C12H11BrFNO3S2. The fourth-order valence-electron chi connectivity index (χ4n) is 1.51. The number of hydrogen-bond acceptors (Lipinski definition) is 4. The summed E-state index contributed by atoms with van der Waals surface area (Å²) in [6, 6.07) is 6.85. The van der Waals surface area contributed by atoms with E-state index in [2.05, 4.69) is 20.7 Å². The molecule has 0 radical (unpaired) electrons. The molecule has 108 valence electrons. The topological polar surface area (TPSA) is 66.4 Å². The number of hydrogen-bond donors (Lipinski definition) is 2. The van der Waals surface area contributed by atoms with Gasteiger partial charge in [0, 0.05) is 22.4 Å². The normalized spacial score (nSPS) is 11.6. The Morgan fingerprint density at radius 1 is 1.30 bits per heavy atom. The molecule has 2 rings (SSSR count). The van der Waals surface area contributed by atoms with E-state index < -0.39 is 15.8 Å². The van der Waals surface area contributed by atoms with Crippen LogP contribution in [0, 0.1) is 5.82 Å². The van der Waals surface area contributed by atoms with Crippen molar-refractivity contribution in [2.45, 2.75) is 10.6 Å². The molecule has 4 nitrogen and oxygen atoms in total. The second kappa shape index (κ2) is 6.21. The number of aliphatic hydroxyl groups excluding tert-OH is 1. The van der Waals surface area contributed by atoms with Crippen LogP contribution in [-0.2, 0) is 16.4 Å². The van der Waals surface area contributed by atoms with Gasteiger partial charge in [-0.3, -0.25) is 4.72 Å². The molecule has 1 aromatic heterocycles. The molecule has 0 aliphatic heterocycles. The molecule has 0 spiro atoms. The Balaban J connectivity index is 2.26.